The lowest BCUT2D eigenvalue weighted by atomic mass is 10.1. The van der Waals surface area contributed by atoms with Crippen molar-refractivity contribution in [3.63, 3.8) is 0 Å². The summed E-state index contributed by atoms with van der Waals surface area (Å²) in [5, 5.41) is 13.4. The molecule has 2 rings (SSSR count). The van der Waals surface area contributed by atoms with E-state index in [0.29, 0.717) is 0 Å². The topological polar surface area (TPSA) is 71.2 Å². The molecule has 9 heteroatoms. The third-order valence-electron chi connectivity index (χ3n) is 3.66. The van der Waals surface area contributed by atoms with Crippen molar-refractivity contribution in [1.29, 1.82) is 0 Å². The zero-order valence-corrected chi connectivity index (χ0v) is 14.5. The molecule has 25 heavy (non-hydrogen) atoms. The SMILES string of the molecule is Cc1c(C(=O)O)nn(C(C)(C)C)c1N(C)c1ncccc1C(F)(F)F. The molecule has 1 N–H and O–H groups in total. The summed E-state index contributed by atoms with van der Waals surface area (Å²) >= 11 is 0. The molecule has 0 spiro atoms. The second kappa shape index (κ2) is 6.05. The van der Waals surface area contributed by atoms with Crippen molar-refractivity contribution in [3.8, 4) is 0 Å². The van der Waals surface area contributed by atoms with Crippen molar-refractivity contribution in [3.05, 3.63) is 35.2 Å². The average Bonchev–Trinajstić information content (AvgIpc) is 2.83. The van der Waals surface area contributed by atoms with Crippen LogP contribution in [0.1, 0.15) is 42.4 Å². The summed E-state index contributed by atoms with van der Waals surface area (Å²) in [6.07, 6.45) is -3.33. The first-order valence-corrected chi connectivity index (χ1v) is 7.45. The Balaban J connectivity index is 2.73. The van der Waals surface area contributed by atoms with Gasteiger partial charge in [0.25, 0.3) is 0 Å². The van der Waals surface area contributed by atoms with Crippen molar-refractivity contribution < 1.29 is 23.1 Å². The van der Waals surface area contributed by atoms with E-state index in [0.717, 1.165) is 6.07 Å². The van der Waals surface area contributed by atoms with Gasteiger partial charge in [-0.25, -0.2) is 14.5 Å². The van der Waals surface area contributed by atoms with Crippen LogP contribution in [0, 0.1) is 6.92 Å². The lowest BCUT2D eigenvalue weighted by Crippen LogP contribution is -2.29. The number of hydrogen-bond acceptors (Lipinski definition) is 4. The maximum atomic E-state index is 13.3. The van der Waals surface area contributed by atoms with Crippen LogP contribution in [-0.4, -0.2) is 32.9 Å². The van der Waals surface area contributed by atoms with Gasteiger partial charge in [0, 0.05) is 18.8 Å². The normalized spacial score (nSPS) is 12.3. The van der Waals surface area contributed by atoms with Gasteiger partial charge < -0.3 is 10.0 Å². The predicted molar refractivity (Wildman–Crippen MR) is 86.2 cm³/mol. The summed E-state index contributed by atoms with van der Waals surface area (Å²) in [5.41, 5.74) is -1.49. The van der Waals surface area contributed by atoms with E-state index in [-0.39, 0.29) is 22.9 Å². The number of aromatic nitrogens is 3. The first-order chi connectivity index (χ1) is 11.4. The fraction of sp³-hybridized carbons (Fsp3) is 0.438. The number of anilines is 2. The molecule has 0 unspecified atom stereocenters. The second-order valence-corrected chi connectivity index (χ2v) is 6.62. The Morgan fingerprint density at radius 2 is 1.88 bits per heavy atom. The molecule has 2 aromatic heterocycles. The molecule has 2 aromatic rings. The Morgan fingerprint density at radius 1 is 1.28 bits per heavy atom. The molecule has 0 atom stereocenters. The van der Waals surface area contributed by atoms with Crippen molar-refractivity contribution >= 4 is 17.6 Å². The van der Waals surface area contributed by atoms with Crippen molar-refractivity contribution in [2.45, 2.75) is 39.4 Å². The lowest BCUT2D eigenvalue weighted by molar-refractivity contribution is -0.137. The molecular weight excluding hydrogens is 337 g/mol. The summed E-state index contributed by atoms with van der Waals surface area (Å²) in [4.78, 5) is 16.5. The predicted octanol–water partition coefficient (Wildman–Crippen LogP) is 3.83. The molecule has 0 aromatic carbocycles. The lowest BCUT2D eigenvalue weighted by Gasteiger charge is -2.28. The van der Waals surface area contributed by atoms with Gasteiger partial charge in [0.1, 0.15) is 11.6 Å². The molecular formula is C16H19F3N4O2. The van der Waals surface area contributed by atoms with Gasteiger partial charge in [-0.3, -0.25) is 0 Å². The van der Waals surface area contributed by atoms with Gasteiger partial charge in [0.2, 0.25) is 0 Å². The Labute approximate surface area is 142 Å². The largest absolute Gasteiger partial charge is 0.476 e. The van der Waals surface area contributed by atoms with Gasteiger partial charge in [-0.1, -0.05) is 0 Å². The highest BCUT2D eigenvalue weighted by molar-refractivity contribution is 5.89. The van der Waals surface area contributed by atoms with Crippen molar-refractivity contribution in [1.82, 2.24) is 14.8 Å². The van der Waals surface area contributed by atoms with E-state index in [1.165, 1.54) is 35.8 Å². The molecule has 0 radical (unpaired) electrons. The minimum atomic E-state index is -4.59. The molecule has 0 aliphatic carbocycles. The molecule has 0 aliphatic heterocycles. The molecule has 6 nitrogen and oxygen atoms in total. The van der Waals surface area contributed by atoms with Gasteiger partial charge in [-0.05, 0) is 39.8 Å². The third-order valence-corrected chi connectivity index (χ3v) is 3.66. The molecule has 0 saturated carbocycles. The van der Waals surface area contributed by atoms with E-state index in [1.807, 2.05) is 0 Å². The monoisotopic (exact) mass is 356 g/mol. The Bertz CT molecular complexity index is 807. The number of hydrogen-bond donors (Lipinski definition) is 1. The number of carboxylic acid groups (broad SMARTS) is 1. The van der Waals surface area contributed by atoms with Crippen molar-refractivity contribution in [2.24, 2.45) is 0 Å². The van der Waals surface area contributed by atoms with Gasteiger partial charge in [0.15, 0.2) is 5.69 Å². The van der Waals surface area contributed by atoms with Crippen LogP contribution in [0.3, 0.4) is 0 Å². The first-order valence-electron chi connectivity index (χ1n) is 7.45. The molecule has 0 amide bonds. The Hall–Kier alpha value is -2.58. The zero-order valence-electron chi connectivity index (χ0n) is 14.5. The van der Waals surface area contributed by atoms with Crippen molar-refractivity contribution in [2.75, 3.05) is 11.9 Å². The highest BCUT2D eigenvalue weighted by atomic mass is 19.4. The first kappa shape index (κ1) is 18.8. The van der Waals surface area contributed by atoms with E-state index in [1.54, 1.807) is 20.8 Å². The van der Waals surface area contributed by atoms with Gasteiger partial charge in [-0.2, -0.15) is 18.3 Å². The number of nitrogens with zero attached hydrogens (tertiary/aromatic N) is 4. The number of halogens is 3. The molecule has 2 heterocycles. The molecule has 0 aliphatic rings. The number of pyridine rings is 1. The quantitative estimate of drug-likeness (QED) is 0.905. The van der Waals surface area contributed by atoms with E-state index in [2.05, 4.69) is 10.1 Å². The summed E-state index contributed by atoms with van der Waals surface area (Å²) < 4.78 is 41.3. The molecule has 0 bridgehead atoms. The van der Waals surface area contributed by atoms with Crippen LogP contribution in [0.2, 0.25) is 0 Å². The number of carboxylic acids is 1. The Morgan fingerprint density at radius 3 is 2.36 bits per heavy atom. The van der Waals surface area contributed by atoms with E-state index >= 15 is 0 Å². The van der Waals surface area contributed by atoms with Crippen LogP contribution in [0.5, 0.6) is 0 Å². The standard InChI is InChI=1S/C16H19F3N4O2/c1-9-11(14(24)25)21-23(15(2,3)4)13(9)22(5)12-10(16(17,18)19)7-6-8-20-12/h6-8H,1-5H3,(H,24,25). The molecule has 0 saturated heterocycles. The molecule has 0 fully saturated rings. The fourth-order valence-electron chi connectivity index (χ4n) is 2.54. The van der Waals surface area contributed by atoms with Crippen LogP contribution >= 0.6 is 0 Å². The van der Waals surface area contributed by atoms with E-state index in [9.17, 15) is 23.1 Å². The summed E-state index contributed by atoms with van der Waals surface area (Å²) in [7, 11) is 1.41. The minimum Gasteiger partial charge on any atom is -0.476 e. The van der Waals surface area contributed by atoms with Crippen LogP contribution in [-0.2, 0) is 11.7 Å². The third kappa shape index (κ3) is 3.45. The van der Waals surface area contributed by atoms with E-state index < -0.39 is 23.2 Å². The second-order valence-electron chi connectivity index (χ2n) is 6.62. The fourth-order valence-corrected chi connectivity index (χ4v) is 2.54. The number of aromatic carboxylic acids is 1. The van der Waals surface area contributed by atoms with Crippen LogP contribution in [0.15, 0.2) is 18.3 Å². The highest BCUT2D eigenvalue weighted by Crippen LogP contribution is 2.39. The van der Waals surface area contributed by atoms with Crippen LogP contribution < -0.4 is 4.90 Å². The number of alkyl halides is 3. The number of rotatable bonds is 3. The highest BCUT2D eigenvalue weighted by Gasteiger charge is 2.37. The molecule has 136 valence electrons. The van der Waals surface area contributed by atoms with Gasteiger partial charge in [0.05, 0.1) is 11.1 Å². The smallest absolute Gasteiger partial charge is 0.419 e. The van der Waals surface area contributed by atoms with Gasteiger partial charge >= 0.3 is 12.1 Å². The van der Waals surface area contributed by atoms with Crippen LogP contribution in [0.4, 0.5) is 24.8 Å². The zero-order chi connectivity index (χ0) is 19.2. The maximum Gasteiger partial charge on any atom is 0.419 e. The summed E-state index contributed by atoms with van der Waals surface area (Å²) in [6.45, 7) is 6.86. The maximum absolute atomic E-state index is 13.3. The van der Waals surface area contributed by atoms with E-state index in [4.69, 9.17) is 0 Å². The Kier molecular flexibility index (Phi) is 4.54. The summed E-state index contributed by atoms with van der Waals surface area (Å²) in [6, 6.07) is 2.14. The summed E-state index contributed by atoms with van der Waals surface area (Å²) in [5.74, 6) is -1.32. The average molecular weight is 356 g/mol. The van der Waals surface area contributed by atoms with Crippen LogP contribution in [0.25, 0.3) is 0 Å². The number of carbonyl (C=O) groups is 1. The van der Waals surface area contributed by atoms with Gasteiger partial charge in [-0.15, -0.1) is 0 Å². The minimum absolute atomic E-state index is 0.207.